The lowest BCUT2D eigenvalue weighted by Gasteiger charge is -2.23. The molecule has 2 rings (SSSR count). The molecule has 5 heteroatoms. The van der Waals surface area contributed by atoms with Gasteiger partial charge in [0.05, 0.1) is 0 Å². The Morgan fingerprint density at radius 1 is 1.53 bits per heavy atom. The SMILES string of the molecule is CC(C)Cn1ccnc(OCC2CCCCN2)c1=O. The smallest absolute Gasteiger partial charge is 0.313 e. The zero-order valence-electron chi connectivity index (χ0n) is 11.8. The maximum atomic E-state index is 12.1. The van der Waals surface area contributed by atoms with Crippen LogP contribution in [0.2, 0.25) is 0 Å². The van der Waals surface area contributed by atoms with Crippen LogP contribution < -0.4 is 15.6 Å². The first-order valence-corrected chi connectivity index (χ1v) is 7.08. The summed E-state index contributed by atoms with van der Waals surface area (Å²) < 4.78 is 7.26. The molecule has 1 aromatic heterocycles. The minimum Gasteiger partial charge on any atom is -0.472 e. The van der Waals surface area contributed by atoms with Gasteiger partial charge in [-0.1, -0.05) is 20.3 Å². The Kier molecular flexibility index (Phi) is 4.96. The monoisotopic (exact) mass is 265 g/mol. The summed E-state index contributed by atoms with van der Waals surface area (Å²) in [4.78, 5) is 16.2. The first kappa shape index (κ1) is 14.1. The number of ether oxygens (including phenoxy) is 1. The first-order valence-electron chi connectivity index (χ1n) is 7.08. The highest BCUT2D eigenvalue weighted by Gasteiger charge is 2.15. The molecule has 106 valence electrons. The third kappa shape index (κ3) is 4.06. The molecule has 0 saturated carbocycles. The van der Waals surface area contributed by atoms with Gasteiger partial charge in [-0.15, -0.1) is 0 Å². The van der Waals surface area contributed by atoms with E-state index in [0.29, 0.717) is 25.1 Å². The predicted molar refractivity (Wildman–Crippen MR) is 74.5 cm³/mol. The number of rotatable bonds is 5. The largest absolute Gasteiger partial charge is 0.472 e. The summed E-state index contributed by atoms with van der Waals surface area (Å²) in [6, 6.07) is 0.341. The summed E-state index contributed by atoms with van der Waals surface area (Å²) in [5.74, 6) is 0.642. The quantitative estimate of drug-likeness (QED) is 0.875. The van der Waals surface area contributed by atoms with Gasteiger partial charge < -0.3 is 14.6 Å². The Bertz CT molecular complexity index is 450. The van der Waals surface area contributed by atoms with Crippen molar-refractivity contribution < 1.29 is 4.74 Å². The van der Waals surface area contributed by atoms with Crippen LogP contribution in [0.25, 0.3) is 0 Å². The van der Waals surface area contributed by atoms with Crippen molar-refractivity contribution in [3.05, 3.63) is 22.7 Å². The van der Waals surface area contributed by atoms with Gasteiger partial charge in [-0.05, 0) is 25.3 Å². The average molecular weight is 265 g/mol. The van der Waals surface area contributed by atoms with Gasteiger partial charge in [-0.2, -0.15) is 0 Å². The predicted octanol–water partition coefficient (Wildman–Crippen LogP) is 1.42. The normalized spacial score (nSPS) is 19.6. The second kappa shape index (κ2) is 6.70. The van der Waals surface area contributed by atoms with Crippen molar-refractivity contribution in [1.29, 1.82) is 0 Å². The summed E-state index contributed by atoms with van der Waals surface area (Å²) in [7, 11) is 0. The lowest BCUT2D eigenvalue weighted by Crippen LogP contribution is -2.39. The van der Waals surface area contributed by atoms with Gasteiger partial charge in [0.1, 0.15) is 6.61 Å². The Labute approximate surface area is 114 Å². The summed E-state index contributed by atoms with van der Waals surface area (Å²) in [6.45, 7) is 6.42. The number of hydrogen-bond acceptors (Lipinski definition) is 4. The van der Waals surface area contributed by atoms with E-state index in [2.05, 4.69) is 24.1 Å². The van der Waals surface area contributed by atoms with Crippen LogP contribution in [0.15, 0.2) is 17.2 Å². The molecule has 1 aliphatic heterocycles. The molecule has 2 heterocycles. The lowest BCUT2D eigenvalue weighted by molar-refractivity contribution is 0.227. The van der Waals surface area contributed by atoms with Crippen LogP contribution in [-0.4, -0.2) is 28.7 Å². The molecule has 0 amide bonds. The second-order valence-electron chi connectivity index (χ2n) is 5.54. The van der Waals surface area contributed by atoms with E-state index < -0.39 is 0 Å². The van der Waals surface area contributed by atoms with Gasteiger partial charge in [0.15, 0.2) is 0 Å². The van der Waals surface area contributed by atoms with Crippen LogP contribution >= 0.6 is 0 Å². The van der Waals surface area contributed by atoms with E-state index in [1.165, 1.54) is 12.8 Å². The van der Waals surface area contributed by atoms with E-state index in [0.717, 1.165) is 13.0 Å². The maximum Gasteiger partial charge on any atom is 0.313 e. The van der Waals surface area contributed by atoms with Crippen molar-refractivity contribution in [3.63, 3.8) is 0 Å². The molecule has 0 radical (unpaired) electrons. The van der Waals surface area contributed by atoms with Crippen LogP contribution in [0.5, 0.6) is 5.88 Å². The third-order valence-electron chi connectivity index (χ3n) is 3.28. The fourth-order valence-electron chi connectivity index (χ4n) is 2.31. The van der Waals surface area contributed by atoms with E-state index in [1.54, 1.807) is 17.0 Å². The Morgan fingerprint density at radius 2 is 2.37 bits per heavy atom. The highest BCUT2D eigenvalue weighted by molar-refractivity contribution is 5.04. The molecule has 1 N–H and O–H groups in total. The van der Waals surface area contributed by atoms with E-state index >= 15 is 0 Å². The van der Waals surface area contributed by atoms with Gasteiger partial charge in [-0.3, -0.25) is 4.79 Å². The Balaban J connectivity index is 1.97. The summed E-state index contributed by atoms with van der Waals surface area (Å²) in [6.07, 6.45) is 6.90. The minimum atomic E-state index is -0.132. The van der Waals surface area contributed by atoms with Crippen LogP contribution in [0.1, 0.15) is 33.1 Å². The van der Waals surface area contributed by atoms with Crippen LogP contribution in [-0.2, 0) is 6.54 Å². The summed E-state index contributed by atoms with van der Waals surface area (Å²) >= 11 is 0. The number of piperidine rings is 1. The van der Waals surface area contributed by atoms with E-state index in [4.69, 9.17) is 4.74 Å². The van der Waals surface area contributed by atoms with Crippen molar-refractivity contribution in [3.8, 4) is 5.88 Å². The van der Waals surface area contributed by atoms with Crippen molar-refractivity contribution in [2.75, 3.05) is 13.2 Å². The molecule has 1 aliphatic rings. The molecule has 0 bridgehead atoms. The van der Waals surface area contributed by atoms with Gasteiger partial charge in [-0.25, -0.2) is 4.98 Å². The average Bonchev–Trinajstić information content (AvgIpc) is 2.40. The number of aromatic nitrogens is 2. The zero-order valence-corrected chi connectivity index (χ0v) is 11.8. The molecule has 5 nitrogen and oxygen atoms in total. The van der Waals surface area contributed by atoms with E-state index in [1.807, 2.05) is 0 Å². The van der Waals surface area contributed by atoms with Gasteiger partial charge >= 0.3 is 5.56 Å². The Morgan fingerprint density at radius 3 is 3.05 bits per heavy atom. The molecule has 0 aromatic carbocycles. The van der Waals surface area contributed by atoms with Crippen molar-refractivity contribution >= 4 is 0 Å². The summed E-state index contributed by atoms with van der Waals surface area (Å²) in [5.41, 5.74) is -0.132. The van der Waals surface area contributed by atoms with Crippen LogP contribution in [0.4, 0.5) is 0 Å². The number of hydrogen-bond donors (Lipinski definition) is 1. The standard InChI is InChI=1S/C14H23N3O2/c1-11(2)9-17-8-7-16-13(14(17)18)19-10-12-5-3-4-6-15-12/h7-8,11-12,15H,3-6,9-10H2,1-2H3. The lowest BCUT2D eigenvalue weighted by atomic mass is 10.1. The molecule has 1 fully saturated rings. The van der Waals surface area contributed by atoms with Crippen molar-refractivity contribution in [2.45, 2.75) is 45.7 Å². The number of nitrogens with zero attached hydrogens (tertiary/aromatic N) is 2. The molecule has 0 aliphatic carbocycles. The molecule has 1 unspecified atom stereocenters. The molecular formula is C14H23N3O2. The Hall–Kier alpha value is -1.36. The topological polar surface area (TPSA) is 56.1 Å². The van der Waals surface area contributed by atoms with Crippen molar-refractivity contribution in [2.24, 2.45) is 5.92 Å². The molecule has 1 atom stereocenters. The van der Waals surface area contributed by atoms with Gasteiger partial charge in [0.25, 0.3) is 5.88 Å². The fraction of sp³-hybridized carbons (Fsp3) is 0.714. The van der Waals surface area contributed by atoms with Crippen LogP contribution in [0, 0.1) is 5.92 Å². The van der Waals surface area contributed by atoms with Crippen molar-refractivity contribution in [1.82, 2.24) is 14.9 Å². The second-order valence-corrected chi connectivity index (χ2v) is 5.54. The van der Waals surface area contributed by atoms with Gasteiger partial charge in [0, 0.05) is 25.0 Å². The fourth-order valence-corrected chi connectivity index (χ4v) is 2.31. The minimum absolute atomic E-state index is 0.132. The molecule has 0 spiro atoms. The molecule has 1 saturated heterocycles. The van der Waals surface area contributed by atoms with Crippen LogP contribution in [0.3, 0.4) is 0 Å². The highest BCUT2D eigenvalue weighted by atomic mass is 16.5. The summed E-state index contributed by atoms with van der Waals surface area (Å²) in [5, 5.41) is 3.39. The number of nitrogens with one attached hydrogen (secondary N) is 1. The molecular weight excluding hydrogens is 242 g/mol. The third-order valence-corrected chi connectivity index (χ3v) is 3.28. The molecule has 19 heavy (non-hydrogen) atoms. The van der Waals surface area contributed by atoms with E-state index in [9.17, 15) is 4.79 Å². The van der Waals surface area contributed by atoms with E-state index in [-0.39, 0.29) is 11.4 Å². The maximum absolute atomic E-state index is 12.1. The highest BCUT2D eigenvalue weighted by Crippen LogP contribution is 2.08. The first-order chi connectivity index (χ1) is 9.16. The van der Waals surface area contributed by atoms with Gasteiger partial charge in [0.2, 0.25) is 0 Å². The zero-order chi connectivity index (χ0) is 13.7. The molecule has 1 aromatic rings.